The molecule has 1 saturated carbocycles. The Morgan fingerprint density at radius 1 is 1.14 bits per heavy atom. The minimum Gasteiger partial charge on any atom is -0.395 e. The van der Waals surface area contributed by atoms with Crippen molar-refractivity contribution in [1.82, 2.24) is 4.57 Å². The molecule has 12 heteroatoms. The second-order valence-corrected chi connectivity index (χ2v) is 13.5. The van der Waals surface area contributed by atoms with Gasteiger partial charge in [-0.05, 0) is 49.1 Å². The summed E-state index contributed by atoms with van der Waals surface area (Å²) in [5.74, 6) is -1.25. The highest BCUT2D eigenvalue weighted by molar-refractivity contribution is 6.02. The Bertz CT molecular complexity index is 1540. The fraction of sp³-hybridized carbons (Fsp3) is 0.531. The Morgan fingerprint density at radius 2 is 1.84 bits per heavy atom. The summed E-state index contributed by atoms with van der Waals surface area (Å²) in [5.41, 5.74) is 0.848. The molecule has 9 nitrogen and oxygen atoms in total. The minimum atomic E-state index is -3.76. The molecule has 0 saturated heterocycles. The lowest BCUT2D eigenvalue weighted by atomic mass is 9.85. The van der Waals surface area contributed by atoms with E-state index in [1.165, 1.54) is 18.2 Å². The van der Waals surface area contributed by atoms with E-state index < -0.39 is 29.5 Å². The molecule has 5 rings (SSSR count). The summed E-state index contributed by atoms with van der Waals surface area (Å²) < 4.78 is 60.2. The number of amides is 1. The van der Waals surface area contributed by atoms with Gasteiger partial charge in [0.15, 0.2) is 11.5 Å². The van der Waals surface area contributed by atoms with Crippen molar-refractivity contribution in [2.24, 2.45) is 0 Å². The van der Waals surface area contributed by atoms with Crippen molar-refractivity contribution < 1.29 is 46.9 Å². The molecule has 1 amide bonds. The topological polar surface area (TPSA) is 102 Å². The maximum atomic E-state index is 15.7. The first kappa shape index (κ1) is 32.1. The molecule has 2 aromatic carbocycles. The molecular formula is C32H41F3N3O6+. The molecule has 1 aromatic heterocycles. The van der Waals surface area contributed by atoms with E-state index in [1.807, 2.05) is 6.07 Å². The van der Waals surface area contributed by atoms with Gasteiger partial charge in [-0.15, -0.1) is 8.78 Å². The summed E-state index contributed by atoms with van der Waals surface area (Å²) in [7, 11) is 6.26. The molecule has 0 unspecified atom stereocenters. The third-order valence-corrected chi connectivity index (χ3v) is 8.46. The molecule has 240 valence electrons. The average Bonchev–Trinajstić information content (AvgIpc) is 3.58. The van der Waals surface area contributed by atoms with E-state index in [9.17, 15) is 18.7 Å². The number of fused-ring (bicyclic) bond motifs is 2. The normalized spacial score (nSPS) is 17.6. The second-order valence-electron chi connectivity index (χ2n) is 13.5. The summed E-state index contributed by atoms with van der Waals surface area (Å²) in [5, 5.41) is 22.2. The molecule has 44 heavy (non-hydrogen) atoms. The summed E-state index contributed by atoms with van der Waals surface area (Å²) in [4.78, 5) is 13.5. The third kappa shape index (κ3) is 6.68. The number of hydrogen-bond acceptors (Lipinski definition) is 6. The van der Waals surface area contributed by atoms with Gasteiger partial charge in [-0.25, -0.2) is 4.39 Å². The quantitative estimate of drug-likeness (QED) is 0.192. The maximum absolute atomic E-state index is 15.7. The zero-order valence-corrected chi connectivity index (χ0v) is 25.8. The van der Waals surface area contributed by atoms with Gasteiger partial charge < -0.3 is 38.8 Å². The number of alkyl halides is 2. The van der Waals surface area contributed by atoms with Crippen LogP contribution >= 0.6 is 0 Å². The second kappa shape index (κ2) is 11.6. The van der Waals surface area contributed by atoms with Crippen LogP contribution in [-0.4, -0.2) is 85.1 Å². The summed E-state index contributed by atoms with van der Waals surface area (Å²) in [6.45, 7) is 5.59. The number of anilines is 1. The average molecular weight is 621 g/mol. The lowest BCUT2D eigenvalue weighted by Crippen LogP contribution is -2.38. The van der Waals surface area contributed by atoms with E-state index in [2.05, 4.69) is 54.3 Å². The number of rotatable bonds is 13. The van der Waals surface area contributed by atoms with Gasteiger partial charge in [-0.2, -0.15) is 0 Å². The number of aromatic nitrogens is 1. The number of hydrogen-bond donors (Lipinski definition) is 3. The van der Waals surface area contributed by atoms with Crippen molar-refractivity contribution in [3.8, 4) is 11.5 Å². The van der Waals surface area contributed by atoms with E-state index >= 15 is 4.39 Å². The number of likely N-dealkylation sites (N-methyl/N-ethyl adjacent to an activating group) is 1. The van der Waals surface area contributed by atoms with Crippen LogP contribution in [0.4, 0.5) is 18.9 Å². The molecule has 0 spiro atoms. The number of carbonyl (C=O) groups is 1. The first-order valence-electron chi connectivity index (χ1n) is 14.8. The van der Waals surface area contributed by atoms with Crippen molar-refractivity contribution in [2.45, 2.75) is 62.9 Å². The van der Waals surface area contributed by atoms with Crippen LogP contribution in [0.1, 0.15) is 44.4 Å². The van der Waals surface area contributed by atoms with Crippen molar-refractivity contribution >= 4 is 22.5 Å². The van der Waals surface area contributed by atoms with Crippen molar-refractivity contribution in [3.63, 3.8) is 0 Å². The lowest BCUT2D eigenvalue weighted by Gasteiger charge is -2.29. The van der Waals surface area contributed by atoms with Gasteiger partial charge in [0.2, 0.25) is 5.91 Å². The number of benzene rings is 2. The highest BCUT2D eigenvalue weighted by atomic mass is 19.3. The number of aliphatic hydroxyl groups is 2. The molecule has 1 aliphatic heterocycles. The van der Waals surface area contributed by atoms with Crippen LogP contribution in [0.2, 0.25) is 0 Å². The molecule has 0 bridgehead atoms. The standard InChI is InChI=1S/C32H40F3N3O6/c1-30(2,10-13-42-19-22(40)18-39)28-15-20-14-24(23(33)17-25(20)37(28)11-12-38(3,4)5)36-29(41)31(8-9-31)21-6-7-26-27(16-21)44-32(34,35)43-26/h6-7,14-17,22,39-40H,8-13,18-19H2,1-5H3/p+1/t22-/m0/s1. The summed E-state index contributed by atoms with van der Waals surface area (Å²) >= 11 is 0. The molecule has 1 atom stereocenters. The van der Waals surface area contributed by atoms with E-state index in [0.717, 1.165) is 17.6 Å². The smallest absolute Gasteiger partial charge is 0.395 e. The first-order chi connectivity index (χ1) is 20.5. The molecule has 1 aliphatic carbocycles. The van der Waals surface area contributed by atoms with Crippen LogP contribution in [0.3, 0.4) is 0 Å². The van der Waals surface area contributed by atoms with Gasteiger partial charge in [0.25, 0.3) is 0 Å². The number of nitrogens with one attached hydrogen (secondary N) is 1. The van der Waals surface area contributed by atoms with Gasteiger partial charge in [0.1, 0.15) is 11.9 Å². The number of halogens is 3. The van der Waals surface area contributed by atoms with Crippen molar-refractivity contribution in [1.29, 1.82) is 0 Å². The van der Waals surface area contributed by atoms with Crippen LogP contribution in [-0.2, 0) is 26.9 Å². The predicted molar refractivity (Wildman–Crippen MR) is 159 cm³/mol. The lowest BCUT2D eigenvalue weighted by molar-refractivity contribution is -0.870. The Balaban J connectivity index is 1.41. The Morgan fingerprint density at radius 3 is 2.50 bits per heavy atom. The molecule has 0 radical (unpaired) electrons. The van der Waals surface area contributed by atoms with E-state index in [0.29, 0.717) is 48.0 Å². The van der Waals surface area contributed by atoms with Gasteiger partial charge in [0, 0.05) is 29.2 Å². The fourth-order valence-electron chi connectivity index (χ4n) is 5.57. The summed E-state index contributed by atoms with van der Waals surface area (Å²) in [6.07, 6.45) is -3.12. The molecule has 2 aliphatic rings. The van der Waals surface area contributed by atoms with Gasteiger partial charge >= 0.3 is 6.29 Å². The zero-order chi connectivity index (χ0) is 32.1. The van der Waals surface area contributed by atoms with Crippen molar-refractivity contribution in [2.75, 3.05) is 52.8 Å². The monoisotopic (exact) mass is 620 g/mol. The van der Waals surface area contributed by atoms with E-state index in [4.69, 9.17) is 9.84 Å². The van der Waals surface area contributed by atoms with Gasteiger partial charge in [-0.3, -0.25) is 4.79 Å². The maximum Gasteiger partial charge on any atom is 0.586 e. The Labute approximate surface area is 254 Å². The number of ether oxygens (including phenoxy) is 3. The zero-order valence-electron chi connectivity index (χ0n) is 25.8. The Hall–Kier alpha value is -3.32. The van der Waals surface area contributed by atoms with Gasteiger partial charge in [0.05, 0.1) is 64.1 Å². The number of nitrogens with zero attached hydrogens (tertiary/aromatic N) is 2. The molecule has 2 heterocycles. The van der Waals surface area contributed by atoms with Gasteiger partial charge in [-0.1, -0.05) is 19.9 Å². The first-order valence-corrected chi connectivity index (χ1v) is 14.8. The van der Waals surface area contributed by atoms with Crippen LogP contribution in [0.5, 0.6) is 11.5 Å². The number of aliphatic hydroxyl groups excluding tert-OH is 2. The largest absolute Gasteiger partial charge is 0.586 e. The minimum absolute atomic E-state index is 0.0333. The van der Waals surface area contributed by atoms with Crippen LogP contribution in [0.15, 0.2) is 36.4 Å². The SMILES string of the molecule is CC(C)(CCOC[C@@H](O)CO)c1cc2cc(NC(=O)C3(c4ccc5c(c4)OC(F)(F)O5)CC3)c(F)cc2n1CC[N+](C)(C)C. The molecule has 3 aromatic rings. The Kier molecular flexibility index (Phi) is 8.43. The third-order valence-electron chi connectivity index (χ3n) is 8.46. The predicted octanol–water partition coefficient (Wildman–Crippen LogP) is 4.52. The number of quaternary nitrogens is 1. The number of carbonyl (C=O) groups excluding carboxylic acids is 1. The van der Waals surface area contributed by atoms with Crippen molar-refractivity contribution in [3.05, 3.63) is 53.5 Å². The highest BCUT2D eigenvalue weighted by Gasteiger charge is 2.53. The summed E-state index contributed by atoms with van der Waals surface area (Å²) in [6, 6.07) is 9.39. The fourth-order valence-corrected chi connectivity index (χ4v) is 5.57. The van der Waals surface area contributed by atoms with E-state index in [1.54, 1.807) is 12.1 Å². The molecule has 3 N–H and O–H groups in total. The van der Waals surface area contributed by atoms with Crippen LogP contribution < -0.4 is 14.8 Å². The highest BCUT2D eigenvalue weighted by Crippen LogP contribution is 2.52. The van der Waals surface area contributed by atoms with Crippen LogP contribution in [0.25, 0.3) is 10.9 Å². The van der Waals surface area contributed by atoms with Crippen LogP contribution in [0, 0.1) is 5.82 Å². The molecule has 1 fully saturated rings. The van der Waals surface area contributed by atoms with E-state index in [-0.39, 0.29) is 35.8 Å². The molecular weight excluding hydrogens is 579 g/mol.